The highest BCUT2D eigenvalue weighted by molar-refractivity contribution is 5.93. The highest BCUT2D eigenvalue weighted by Gasteiger charge is 2.54. The van der Waals surface area contributed by atoms with Gasteiger partial charge in [0.1, 0.15) is 5.82 Å². The van der Waals surface area contributed by atoms with Crippen LogP contribution in [-0.2, 0) is 22.3 Å². The van der Waals surface area contributed by atoms with Crippen LogP contribution >= 0.6 is 0 Å². The Morgan fingerprint density at radius 3 is 2.33 bits per heavy atom. The van der Waals surface area contributed by atoms with Crippen molar-refractivity contribution in [2.45, 2.75) is 49.6 Å². The van der Waals surface area contributed by atoms with Gasteiger partial charge in [-0.05, 0) is 79.5 Å². The zero-order valence-electron chi connectivity index (χ0n) is 22.2. The van der Waals surface area contributed by atoms with Crippen molar-refractivity contribution in [1.82, 2.24) is 14.8 Å². The molecule has 1 aromatic heterocycles. The number of H-pyrrole nitrogens is 1. The second-order valence-corrected chi connectivity index (χ2v) is 11.4. The molecule has 1 saturated carbocycles. The lowest BCUT2D eigenvalue weighted by Gasteiger charge is -2.58. The van der Waals surface area contributed by atoms with Crippen molar-refractivity contribution in [2.24, 2.45) is 0 Å². The van der Waals surface area contributed by atoms with Gasteiger partial charge in [-0.25, -0.2) is 4.39 Å². The number of hydrogen-bond donors (Lipinski definition) is 1. The van der Waals surface area contributed by atoms with Crippen molar-refractivity contribution >= 4 is 22.9 Å². The number of amides is 1. The van der Waals surface area contributed by atoms with E-state index in [0.717, 1.165) is 61.8 Å². The van der Waals surface area contributed by atoms with Gasteiger partial charge in [-0.1, -0.05) is 60.7 Å². The number of aromatic amines is 1. The van der Waals surface area contributed by atoms with Gasteiger partial charge in [0, 0.05) is 47.8 Å². The number of carbonyl (C=O) groups is 1. The SMILES string of the molecule is O=C(C=Cc1ccccc1)N1CCc2c([nH]c3ccccc23)C12CCC(c1cccc(F)c1)(N1CCC1)CC2. The molecule has 1 spiro atoms. The fourth-order valence-electron chi connectivity index (χ4n) is 7.48. The Kier molecular flexibility index (Phi) is 5.93. The first-order valence-corrected chi connectivity index (χ1v) is 14.3. The van der Waals surface area contributed by atoms with Crippen LogP contribution in [0.1, 0.15) is 54.5 Å². The Morgan fingerprint density at radius 2 is 1.59 bits per heavy atom. The number of nitrogens with one attached hydrogen (secondary N) is 1. The Morgan fingerprint density at radius 1 is 0.846 bits per heavy atom. The van der Waals surface area contributed by atoms with Gasteiger partial charge < -0.3 is 9.88 Å². The van der Waals surface area contributed by atoms with Crippen LogP contribution in [0.3, 0.4) is 0 Å². The van der Waals surface area contributed by atoms with Gasteiger partial charge in [0.15, 0.2) is 0 Å². The first kappa shape index (κ1) is 24.3. The third kappa shape index (κ3) is 3.94. The van der Waals surface area contributed by atoms with Crippen molar-refractivity contribution in [3.63, 3.8) is 0 Å². The molecule has 4 nitrogen and oxygen atoms in total. The molecule has 0 radical (unpaired) electrons. The Hall–Kier alpha value is -3.70. The molecular formula is C34H34FN3O. The monoisotopic (exact) mass is 519 g/mol. The number of rotatable bonds is 4. The molecule has 2 fully saturated rings. The van der Waals surface area contributed by atoms with Crippen molar-refractivity contribution < 1.29 is 9.18 Å². The minimum absolute atomic E-state index is 0.0605. The first-order valence-electron chi connectivity index (χ1n) is 14.3. The molecule has 1 saturated heterocycles. The highest BCUT2D eigenvalue weighted by atomic mass is 19.1. The molecule has 39 heavy (non-hydrogen) atoms. The molecule has 1 N–H and O–H groups in total. The van der Waals surface area contributed by atoms with Gasteiger partial charge in [0.2, 0.25) is 5.91 Å². The molecule has 198 valence electrons. The van der Waals surface area contributed by atoms with E-state index in [2.05, 4.69) is 45.1 Å². The van der Waals surface area contributed by atoms with Gasteiger partial charge in [0.05, 0.1) is 5.54 Å². The number of halogens is 1. The summed E-state index contributed by atoms with van der Waals surface area (Å²) in [5, 5.41) is 1.27. The lowest BCUT2D eigenvalue weighted by Crippen LogP contribution is -2.61. The number of nitrogens with zero attached hydrogens (tertiary/aromatic N) is 2. The number of likely N-dealkylation sites (tertiary alicyclic amines) is 1. The molecule has 2 aliphatic heterocycles. The normalized spacial score (nSPS) is 25.2. The van der Waals surface area contributed by atoms with Crippen LogP contribution in [0, 0.1) is 5.82 Å². The predicted octanol–water partition coefficient (Wildman–Crippen LogP) is 6.78. The summed E-state index contributed by atoms with van der Waals surface area (Å²) in [5.41, 5.74) is 5.19. The highest BCUT2D eigenvalue weighted by Crippen LogP contribution is 2.55. The van der Waals surface area contributed by atoms with Crippen LogP contribution in [0.15, 0.2) is 84.9 Å². The predicted molar refractivity (Wildman–Crippen MR) is 154 cm³/mol. The zero-order valence-corrected chi connectivity index (χ0v) is 22.2. The minimum Gasteiger partial charge on any atom is -0.356 e. The maximum absolute atomic E-state index is 14.4. The second kappa shape index (κ2) is 9.49. The second-order valence-electron chi connectivity index (χ2n) is 11.4. The lowest BCUT2D eigenvalue weighted by atomic mass is 9.64. The molecule has 3 heterocycles. The molecule has 5 heteroatoms. The summed E-state index contributed by atoms with van der Waals surface area (Å²) in [6.07, 6.45) is 9.14. The summed E-state index contributed by atoms with van der Waals surface area (Å²) in [7, 11) is 0. The molecular weight excluding hydrogens is 485 g/mol. The van der Waals surface area contributed by atoms with E-state index in [1.807, 2.05) is 42.5 Å². The van der Waals surface area contributed by atoms with E-state index in [9.17, 15) is 9.18 Å². The van der Waals surface area contributed by atoms with E-state index >= 15 is 0 Å². The van der Waals surface area contributed by atoms with Gasteiger partial charge in [-0.2, -0.15) is 0 Å². The standard InChI is InChI=1S/C34H34FN3O/c35-27-11-6-10-26(24-27)33(37-21-7-22-37)17-19-34(20-18-33)32-29(28-12-4-5-13-30(28)36-32)16-23-38(34)31(39)15-14-25-8-2-1-3-9-25/h1-6,8-15,24,36H,7,16-23H2. The van der Waals surface area contributed by atoms with Crippen LogP contribution in [0.25, 0.3) is 17.0 Å². The van der Waals surface area contributed by atoms with Crippen molar-refractivity contribution in [3.8, 4) is 0 Å². The largest absolute Gasteiger partial charge is 0.356 e. The number of para-hydroxylation sites is 1. The summed E-state index contributed by atoms with van der Waals surface area (Å²) in [6, 6.07) is 25.7. The first-order chi connectivity index (χ1) is 19.1. The van der Waals surface area contributed by atoms with Crippen LogP contribution in [0.5, 0.6) is 0 Å². The fourth-order valence-corrected chi connectivity index (χ4v) is 7.48. The van der Waals surface area contributed by atoms with Crippen LogP contribution in [-0.4, -0.2) is 40.3 Å². The Labute approximate surface area is 229 Å². The molecule has 1 amide bonds. The van der Waals surface area contributed by atoms with E-state index in [4.69, 9.17) is 0 Å². The maximum atomic E-state index is 14.4. The van der Waals surface area contributed by atoms with Crippen LogP contribution in [0.4, 0.5) is 4.39 Å². The maximum Gasteiger partial charge on any atom is 0.247 e. The average molecular weight is 520 g/mol. The summed E-state index contributed by atoms with van der Waals surface area (Å²) in [6.45, 7) is 2.79. The topological polar surface area (TPSA) is 39.3 Å². The van der Waals surface area contributed by atoms with Crippen LogP contribution < -0.4 is 0 Å². The lowest BCUT2D eigenvalue weighted by molar-refractivity contribution is -0.138. The van der Waals surface area contributed by atoms with Crippen molar-refractivity contribution in [3.05, 3.63) is 113 Å². The smallest absolute Gasteiger partial charge is 0.247 e. The van der Waals surface area contributed by atoms with E-state index in [1.165, 1.54) is 29.1 Å². The summed E-state index contributed by atoms with van der Waals surface area (Å²) >= 11 is 0. The van der Waals surface area contributed by atoms with Crippen LogP contribution in [0.2, 0.25) is 0 Å². The third-order valence-electron chi connectivity index (χ3n) is 9.59. The molecule has 0 unspecified atom stereocenters. The minimum atomic E-state index is -0.410. The van der Waals surface area contributed by atoms with E-state index in [1.54, 1.807) is 12.1 Å². The van der Waals surface area contributed by atoms with Gasteiger partial charge in [-0.3, -0.25) is 9.69 Å². The average Bonchev–Trinajstić information content (AvgIpc) is 3.33. The van der Waals surface area contributed by atoms with E-state index in [0.29, 0.717) is 6.54 Å². The molecule has 3 aromatic carbocycles. The summed E-state index contributed by atoms with van der Waals surface area (Å²) in [4.78, 5) is 22.4. The molecule has 3 aliphatic rings. The molecule has 1 aliphatic carbocycles. The number of aromatic nitrogens is 1. The van der Waals surface area contributed by atoms with Crippen molar-refractivity contribution in [1.29, 1.82) is 0 Å². The summed E-state index contributed by atoms with van der Waals surface area (Å²) < 4.78 is 14.4. The Bertz CT molecular complexity index is 1540. The fraction of sp³-hybridized carbons (Fsp3) is 0.324. The van der Waals surface area contributed by atoms with E-state index < -0.39 is 5.54 Å². The zero-order chi connectivity index (χ0) is 26.5. The molecule has 4 aromatic rings. The quantitative estimate of drug-likeness (QED) is 0.302. The van der Waals surface area contributed by atoms with Gasteiger partial charge >= 0.3 is 0 Å². The number of hydrogen-bond acceptors (Lipinski definition) is 2. The number of fused-ring (bicyclic) bond motifs is 4. The molecule has 0 bridgehead atoms. The van der Waals surface area contributed by atoms with Crippen molar-refractivity contribution in [2.75, 3.05) is 19.6 Å². The summed E-state index contributed by atoms with van der Waals surface area (Å²) in [5.74, 6) is -0.114. The third-order valence-corrected chi connectivity index (χ3v) is 9.59. The Balaban J connectivity index is 1.29. The molecule has 0 atom stereocenters. The number of carbonyl (C=O) groups excluding carboxylic acids is 1. The number of benzene rings is 3. The molecule has 7 rings (SSSR count). The van der Waals surface area contributed by atoms with E-state index in [-0.39, 0.29) is 17.3 Å². The van der Waals surface area contributed by atoms with Gasteiger partial charge in [-0.15, -0.1) is 0 Å². The van der Waals surface area contributed by atoms with Gasteiger partial charge in [0.25, 0.3) is 0 Å².